The van der Waals surface area contributed by atoms with Gasteiger partial charge in [0.2, 0.25) is 10.0 Å². The third-order valence-corrected chi connectivity index (χ3v) is 5.94. The van der Waals surface area contributed by atoms with Gasteiger partial charge in [-0.25, -0.2) is 13.1 Å². The SMILES string of the molecule is CSc1cccc(S(=O)(=O)NCC2(N)CCCCC2)c1. The van der Waals surface area contributed by atoms with Crippen LogP contribution in [-0.4, -0.2) is 26.8 Å². The normalized spacial score (nSPS) is 18.9. The first-order chi connectivity index (χ1) is 9.45. The van der Waals surface area contributed by atoms with Crippen LogP contribution in [0.2, 0.25) is 0 Å². The summed E-state index contributed by atoms with van der Waals surface area (Å²) >= 11 is 1.53. The predicted octanol–water partition coefficient (Wildman–Crippen LogP) is 2.35. The molecule has 112 valence electrons. The van der Waals surface area contributed by atoms with Crippen molar-refractivity contribution in [1.29, 1.82) is 0 Å². The zero-order valence-corrected chi connectivity index (χ0v) is 13.4. The average molecular weight is 314 g/mol. The van der Waals surface area contributed by atoms with Crippen molar-refractivity contribution in [3.05, 3.63) is 24.3 Å². The Labute approximate surface area is 125 Å². The fourth-order valence-electron chi connectivity index (χ4n) is 2.52. The van der Waals surface area contributed by atoms with Gasteiger partial charge < -0.3 is 5.73 Å². The summed E-state index contributed by atoms with van der Waals surface area (Å²) in [6, 6.07) is 6.97. The van der Waals surface area contributed by atoms with Gasteiger partial charge in [0.05, 0.1) is 4.90 Å². The van der Waals surface area contributed by atoms with Gasteiger partial charge >= 0.3 is 0 Å². The van der Waals surface area contributed by atoms with Gasteiger partial charge in [0.25, 0.3) is 0 Å². The Balaban J connectivity index is 2.06. The van der Waals surface area contributed by atoms with E-state index in [1.807, 2.05) is 12.3 Å². The Morgan fingerprint density at radius 2 is 2.00 bits per heavy atom. The minimum Gasteiger partial charge on any atom is -0.324 e. The van der Waals surface area contributed by atoms with Gasteiger partial charge in [-0.15, -0.1) is 11.8 Å². The van der Waals surface area contributed by atoms with Crippen LogP contribution in [0.1, 0.15) is 32.1 Å². The highest BCUT2D eigenvalue weighted by atomic mass is 32.2. The van der Waals surface area contributed by atoms with Gasteiger partial charge in [0.15, 0.2) is 0 Å². The van der Waals surface area contributed by atoms with E-state index in [0.29, 0.717) is 11.4 Å². The van der Waals surface area contributed by atoms with Crippen LogP contribution in [0.3, 0.4) is 0 Å². The fraction of sp³-hybridized carbons (Fsp3) is 0.571. The molecular weight excluding hydrogens is 292 g/mol. The molecule has 1 aliphatic rings. The van der Waals surface area contributed by atoms with Crippen LogP contribution in [-0.2, 0) is 10.0 Å². The maximum absolute atomic E-state index is 12.3. The zero-order valence-electron chi connectivity index (χ0n) is 11.8. The molecule has 1 aliphatic carbocycles. The first-order valence-corrected chi connectivity index (χ1v) is 9.59. The average Bonchev–Trinajstić information content (AvgIpc) is 2.46. The van der Waals surface area contributed by atoms with E-state index in [4.69, 9.17) is 5.73 Å². The summed E-state index contributed by atoms with van der Waals surface area (Å²) in [5, 5.41) is 0. The van der Waals surface area contributed by atoms with Crippen molar-refractivity contribution in [2.75, 3.05) is 12.8 Å². The van der Waals surface area contributed by atoms with Crippen LogP contribution in [0, 0.1) is 0 Å². The molecule has 1 saturated carbocycles. The molecule has 0 atom stereocenters. The summed E-state index contributed by atoms with van der Waals surface area (Å²) in [7, 11) is -3.47. The number of thioether (sulfide) groups is 1. The molecule has 1 fully saturated rings. The summed E-state index contributed by atoms with van der Waals surface area (Å²) in [6.45, 7) is 0.318. The lowest BCUT2D eigenvalue weighted by atomic mass is 9.83. The molecule has 3 N–H and O–H groups in total. The Bertz CT molecular complexity index is 552. The summed E-state index contributed by atoms with van der Waals surface area (Å²) in [5.74, 6) is 0. The number of rotatable bonds is 5. The highest BCUT2D eigenvalue weighted by molar-refractivity contribution is 7.98. The molecular formula is C14H22N2O2S2. The van der Waals surface area contributed by atoms with E-state index in [9.17, 15) is 8.42 Å². The predicted molar refractivity (Wildman–Crippen MR) is 83.4 cm³/mol. The second-order valence-electron chi connectivity index (χ2n) is 5.43. The molecule has 4 nitrogen and oxygen atoms in total. The van der Waals surface area contributed by atoms with Gasteiger partial charge in [-0.3, -0.25) is 0 Å². The molecule has 0 spiro atoms. The van der Waals surface area contributed by atoms with E-state index < -0.39 is 10.0 Å². The molecule has 0 aromatic heterocycles. The van der Waals surface area contributed by atoms with Crippen molar-refractivity contribution in [3.8, 4) is 0 Å². The molecule has 0 bridgehead atoms. The Morgan fingerprint density at radius 3 is 2.65 bits per heavy atom. The van der Waals surface area contributed by atoms with Gasteiger partial charge in [-0.1, -0.05) is 25.3 Å². The van der Waals surface area contributed by atoms with E-state index >= 15 is 0 Å². The zero-order chi connectivity index (χ0) is 14.6. The number of sulfonamides is 1. The van der Waals surface area contributed by atoms with Gasteiger partial charge in [0, 0.05) is 17.0 Å². The lowest BCUT2D eigenvalue weighted by Crippen LogP contribution is -2.51. The minimum absolute atomic E-state index is 0.309. The number of nitrogens with one attached hydrogen (secondary N) is 1. The lowest BCUT2D eigenvalue weighted by Gasteiger charge is -2.33. The molecule has 0 aliphatic heterocycles. The van der Waals surface area contributed by atoms with Crippen molar-refractivity contribution in [3.63, 3.8) is 0 Å². The van der Waals surface area contributed by atoms with E-state index in [1.165, 1.54) is 18.2 Å². The number of benzene rings is 1. The van der Waals surface area contributed by atoms with Crippen molar-refractivity contribution in [1.82, 2.24) is 4.72 Å². The Morgan fingerprint density at radius 1 is 1.30 bits per heavy atom. The third-order valence-electron chi connectivity index (χ3n) is 3.82. The number of hydrogen-bond acceptors (Lipinski definition) is 4. The largest absolute Gasteiger partial charge is 0.324 e. The van der Waals surface area contributed by atoms with Crippen LogP contribution in [0.25, 0.3) is 0 Å². The quantitative estimate of drug-likeness (QED) is 0.818. The summed E-state index contributed by atoms with van der Waals surface area (Å²) in [6.07, 6.45) is 7.07. The second-order valence-corrected chi connectivity index (χ2v) is 8.07. The Hall–Kier alpha value is -0.560. The van der Waals surface area contributed by atoms with Crippen molar-refractivity contribution in [2.45, 2.75) is 47.4 Å². The molecule has 0 heterocycles. The fourth-order valence-corrected chi connectivity index (χ4v) is 4.24. The number of hydrogen-bond donors (Lipinski definition) is 2. The molecule has 20 heavy (non-hydrogen) atoms. The van der Waals surface area contributed by atoms with Gasteiger partial charge in [-0.05, 0) is 37.3 Å². The molecule has 0 saturated heterocycles. The van der Waals surface area contributed by atoms with Crippen LogP contribution in [0.5, 0.6) is 0 Å². The molecule has 1 aromatic rings. The molecule has 0 amide bonds. The molecule has 0 radical (unpaired) electrons. The summed E-state index contributed by atoms with van der Waals surface area (Å²) in [5.41, 5.74) is 5.88. The van der Waals surface area contributed by atoms with Crippen LogP contribution in [0.15, 0.2) is 34.1 Å². The topological polar surface area (TPSA) is 72.2 Å². The minimum atomic E-state index is -3.47. The summed E-state index contributed by atoms with van der Waals surface area (Å²) < 4.78 is 27.3. The van der Waals surface area contributed by atoms with Crippen LogP contribution in [0.4, 0.5) is 0 Å². The maximum atomic E-state index is 12.3. The molecule has 0 unspecified atom stereocenters. The number of nitrogens with two attached hydrogens (primary N) is 1. The second kappa shape index (κ2) is 6.47. The van der Waals surface area contributed by atoms with Crippen molar-refractivity contribution in [2.24, 2.45) is 5.73 Å². The maximum Gasteiger partial charge on any atom is 0.240 e. The van der Waals surface area contributed by atoms with Gasteiger partial charge in [-0.2, -0.15) is 0 Å². The van der Waals surface area contributed by atoms with Crippen molar-refractivity contribution < 1.29 is 8.42 Å². The van der Waals surface area contributed by atoms with Gasteiger partial charge in [0.1, 0.15) is 0 Å². The first-order valence-electron chi connectivity index (χ1n) is 6.88. The van der Waals surface area contributed by atoms with E-state index in [0.717, 1.165) is 30.6 Å². The Kier molecular flexibility index (Phi) is 5.12. The first kappa shape index (κ1) is 15.8. The smallest absolute Gasteiger partial charge is 0.240 e. The molecule has 1 aromatic carbocycles. The standard InChI is InChI=1S/C14H22N2O2S2/c1-19-12-6-5-7-13(10-12)20(17,18)16-11-14(15)8-3-2-4-9-14/h5-7,10,16H,2-4,8-9,11,15H2,1H3. The van der Waals surface area contributed by atoms with E-state index in [-0.39, 0.29) is 5.54 Å². The van der Waals surface area contributed by atoms with Crippen LogP contribution < -0.4 is 10.5 Å². The lowest BCUT2D eigenvalue weighted by molar-refractivity contribution is 0.296. The van der Waals surface area contributed by atoms with Crippen molar-refractivity contribution >= 4 is 21.8 Å². The van der Waals surface area contributed by atoms with Crippen LogP contribution >= 0.6 is 11.8 Å². The monoisotopic (exact) mass is 314 g/mol. The highest BCUT2D eigenvalue weighted by Crippen LogP contribution is 2.26. The molecule has 6 heteroatoms. The van der Waals surface area contributed by atoms with E-state index in [2.05, 4.69) is 4.72 Å². The highest BCUT2D eigenvalue weighted by Gasteiger charge is 2.29. The third kappa shape index (κ3) is 3.97. The van der Waals surface area contributed by atoms with E-state index in [1.54, 1.807) is 18.2 Å². The molecule has 2 rings (SSSR count). The summed E-state index contributed by atoms with van der Waals surface area (Å²) in [4.78, 5) is 1.25.